The van der Waals surface area contributed by atoms with Gasteiger partial charge in [0.25, 0.3) is 0 Å². The summed E-state index contributed by atoms with van der Waals surface area (Å²) in [6.45, 7) is 0.0387. The van der Waals surface area contributed by atoms with Crippen LogP contribution in [0.15, 0.2) is 42.5 Å². The molecule has 0 bridgehead atoms. The van der Waals surface area contributed by atoms with E-state index in [1.165, 1.54) is 18.2 Å². The first kappa shape index (κ1) is 12.9. The molecule has 2 aromatic carbocycles. The number of nitrogens with one attached hydrogen (secondary N) is 1. The Labute approximate surface area is 107 Å². The molecule has 0 aliphatic carbocycles. The maximum Gasteiger partial charge on any atom is 0.327 e. The summed E-state index contributed by atoms with van der Waals surface area (Å²) >= 11 is 0. The molecule has 4 nitrogen and oxygen atoms in total. The topological polar surface area (TPSA) is 55.2 Å². The Morgan fingerprint density at radius 2 is 1.74 bits per heavy atom. The SMILES string of the molecule is O=[N+]([O-])c1c(F)cccc1NCc1ccccc1F. The van der Waals surface area contributed by atoms with Crippen LogP contribution < -0.4 is 5.32 Å². The zero-order valence-electron chi connectivity index (χ0n) is 9.77. The van der Waals surface area contributed by atoms with Crippen molar-refractivity contribution in [2.24, 2.45) is 0 Å². The van der Waals surface area contributed by atoms with Crippen LogP contribution in [0, 0.1) is 21.7 Å². The van der Waals surface area contributed by atoms with Gasteiger partial charge in [0.05, 0.1) is 4.92 Å². The molecule has 0 aromatic heterocycles. The van der Waals surface area contributed by atoms with E-state index in [1.807, 2.05) is 0 Å². The lowest BCUT2D eigenvalue weighted by Gasteiger charge is -2.08. The lowest BCUT2D eigenvalue weighted by molar-refractivity contribution is -0.386. The van der Waals surface area contributed by atoms with Crippen LogP contribution in [0.5, 0.6) is 0 Å². The third kappa shape index (κ3) is 2.85. The minimum atomic E-state index is -0.927. The van der Waals surface area contributed by atoms with Crippen molar-refractivity contribution < 1.29 is 13.7 Å². The van der Waals surface area contributed by atoms with Gasteiger partial charge in [0.1, 0.15) is 11.5 Å². The van der Waals surface area contributed by atoms with E-state index >= 15 is 0 Å². The molecule has 0 aliphatic rings. The number of nitro benzene ring substituents is 1. The molecule has 0 atom stereocenters. The fraction of sp³-hybridized carbons (Fsp3) is 0.0769. The van der Waals surface area contributed by atoms with Crippen LogP contribution in [-0.2, 0) is 6.54 Å². The minimum Gasteiger partial charge on any atom is -0.375 e. The maximum absolute atomic E-state index is 13.4. The number of nitro groups is 1. The summed E-state index contributed by atoms with van der Waals surface area (Å²) in [5.41, 5.74) is -0.270. The van der Waals surface area contributed by atoms with Crippen LogP contribution in [-0.4, -0.2) is 4.92 Å². The van der Waals surface area contributed by atoms with E-state index in [2.05, 4.69) is 5.32 Å². The fourth-order valence-corrected chi connectivity index (χ4v) is 1.68. The number of nitrogens with zero attached hydrogens (tertiary/aromatic N) is 1. The van der Waals surface area contributed by atoms with Gasteiger partial charge in [-0.1, -0.05) is 24.3 Å². The van der Waals surface area contributed by atoms with Gasteiger partial charge in [0.15, 0.2) is 0 Å². The summed E-state index contributed by atoms with van der Waals surface area (Å²) in [5, 5.41) is 13.4. The molecule has 0 aliphatic heterocycles. The molecule has 0 amide bonds. The monoisotopic (exact) mass is 264 g/mol. The molecule has 0 unspecified atom stereocenters. The summed E-state index contributed by atoms with van der Waals surface area (Å²) < 4.78 is 26.7. The predicted molar refractivity (Wildman–Crippen MR) is 66.8 cm³/mol. The van der Waals surface area contributed by atoms with Crippen LogP contribution >= 0.6 is 0 Å². The highest BCUT2D eigenvalue weighted by molar-refractivity contribution is 5.62. The van der Waals surface area contributed by atoms with Gasteiger partial charge in [-0.25, -0.2) is 4.39 Å². The van der Waals surface area contributed by atoms with Gasteiger partial charge >= 0.3 is 5.69 Å². The van der Waals surface area contributed by atoms with E-state index in [9.17, 15) is 18.9 Å². The summed E-state index contributed by atoms with van der Waals surface area (Å²) in [6, 6.07) is 9.77. The van der Waals surface area contributed by atoms with Crippen molar-refractivity contribution >= 4 is 11.4 Å². The molecule has 0 saturated heterocycles. The molecule has 0 spiro atoms. The summed E-state index contributed by atoms with van der Waals surface area (Å²) in [6.07, 6.45) is 0. The molecule has 0 radical (unpaired) electrons. The van der Waals surface area contributed by atoms with Gasteiger partial charge in [-0.3, -0.25) is 10.1 Å². The Morgan fingerprint density at radius 1 is 1.05 bits per heavy atom. The van der Waals surface area contributed by atoms with Crippen LogP contribution in [0.25, 0.3) is 0 Å². The van der Waals surface area contributed by atoms with Crippen LogP contribution in [0.2, 0.25) is 0 Å². The maximum atomic E-state index is 13.4. The van der Waals surface area contributed by atoms with E-state index in [-0.39, 0.29) is 12.2 Å². The Morgan fingerprint density at radius 3 is 2.42 bits per heavy atom. The second-order valence-corrected chi connectivity index (χ2v) is 3.84. The standard InChI is InChI=1S/C13H10F2N2O2/c14-10-5-2-1-4-9(10)8-16-12-7-3-6-11(15)13(12)17(18)19/h1-7,16H,8H2. The number of para-hydroxylation sites is 1. The Hall–Kier alpha value is -2.50. The normalized spacial score (nSPS) is 10.2. The molecule has 6 heteroatoms. The van der Waals surface area contributed by atoms with Crippen LogP contribution in [0.3, 0.4) is 0 Å². The van der Waals surface area contributed by atoms with E-state index in [0.29, 0.717) is 5.56 Å². The highest BCUT2D eigenvalue weighted by Crippen LogP contribution is 2.27. The number of hydrogen-bond acceptors (Lipinski definition) is 3. The van der Waals surface area contributed by atoms with Crippen molar-refractivity contribution in [1.29, 1.82) is 0 Å². The number of rotatable bonds is 4. The fourth-order valence-electron chi connectivity index (χ4n) is 1.68. The van der Waals surface area contributed by atoms with Crippen molar-refractivity contribution in [3.63, 3.8) is 0 Å². The number of halogens is 2. The highest BCUT2D eigenvalue weighted by Gasteiger charge is 2.19. The second-order valence-electron chi connectivity index (χ2n) is 3.84. The van der Waals surface area contributed by atoms with Gasteiger partial charge in [0.2, 0.25) is 5.82 Å². The molecule has 98 valence electrons. The highest BCUT2D eigenvalue weighted by atomic mass is 19.1. The third-order valence-corrected chi connectivity index (χ3v) is 2.60. The Balaban J connectivity index is 2.23. The van der Waals surface area contributed by atoms with Gasteiger partial charge in [-0.2, -0.15) is 4.39 Å². The largest absolute Gasteiger partial charge is 0.375 e. The molecular weight excluding hydrogens is 254 g/mol. The van der Waals surface area contributed by atoms with Gasteiger partial charge < -0.3 is 5.32 Å². The Bertz CT molecular complexity index is 617. The van der Waals surface area contributed by atoms with Crippen molar-refractivity contribution in [2.45, 2.75) is 6.54 Å². The van der Waals surface area contributed by atoms with Crippen molar-refractivity contribution in [1.82, 2.24) is 0 Å². The van der Waals surface area contributed by atoms with Crippen molar-refractivity contribution in [3.8, 4) is 0 Å². The average Bonchev–Trinajstić information content (AvgIpc) is 2.37. The molecule has 0 fully saturated rings. The summed E-state index contributed by atoms with van der Waals surface area (Å²) in [7, 11) is 0. The Kier molecular flexibility index (Phi) is 3.70. The first-order chi connectivity index (χ1) is 9.09. The van der Waals surface area contributed by atoms with Crippen molar-refractivity contribution in [2.75, 3.05) is 5.32 Å². The lowest BCUT2D eigenvalue weighted by Crippen LogP contribution is -2.05. The number of anilines is 1. The average molecular weight is 264 g/mol. The van der Waals surface area contributed by atoms with Gasteiger partial charge in [-0.15, -0.1) is 0 Å². The first-order valence-electron chi connectivity index (χ1n) is 5.50. The number of hydrogen-bond donors (Lipinski definition) is 1. The summed E-state index contributed by atoms with van der Waals surface area (Å²) in [4.78, 5) is 9.97. The van der Waals surface area contributed by atoms with E-state index in [0.717, 1.165) is 6.07 Å². The first-order valence-corrected chi connectivity index (χ1v) is 5.50. The van der Waals surface area contributed by atoms with Gasteiger partial charge in [0, 0.05) is 12.1 Å². The molecule has 19 heavy (non-hydrogen) atoms. The van der Waals surface area contributed by atoms with E-state index < -0.39 is 22.2 Å². The molecular formula is C13H10F2N2O2. The lowest BCUT2D eigenvalue weighted by atomic mass is 10.2. The quantitative estimate of drug-likeness (QED) is 0.679. The molecule has 2 rings (SSSR count). The second kappa shape index (κ2) is 5.43. The molecule has 0 heterocycles. The van der Waals surface area contributed by atoms with Crippen molar-refractivity contribution in [3.05, 3.63) is 69.8 Å². The van der Waals surface area contributed by atoms with Gasteiger partial charge in [-0.05, 0) is 18.2 Å². The van der Waals surface area contributed by atoms with Crippen LogP contribution in [0.1, 0.15) is 5.56 Å². The number of benzene rings is 2. The molecule has 2 aromatic rings. The van der Waals surface area contributed by atoms with E-state index in [4.69, 9.17) is 0 Å². The third-order valence-electron chi connectivity index (χ3n) is 2.60. The minimum absolute atomic E-state index is 0.0215. The predicted octanol–water partition coefficient (Wildman–Crippen LogP) is 3.49. The molecule has 0 saturated carbocycles. The van der Waals surface area contributed by atoms with E-state index in [1.54, 1.807) is 18.2 Å². The zero-order valence-corrected chi connectivity index (χ0v) is 9.77. The zero-order chi connectivity index (χ0) is 13.8. The van der Waals surface area contributed by atoms with Crippen LogP contribution in [0.4, 0.5) is 20.2 Å². The summed E-state index contributed by atoms with van der Waals surface area (Å²) in [5.74, 6) is -1.35. The smallest absolute Gasteiger partial charge is 0.327 e. The molecule has 1 N–H and O–H groups in total.